The zero-order valence-corrected chi connectivity index (χ0v) is 13.3. The third kappa shape index (κ3) is 6.10. The van der Waals surface area contributed by atoms with Crippen molar-refractivity contribution in [1.29, 1.82) is 0 Å². The molecular weight excluding hydrogens is 308 g/mol. The van der Waals surface area contributed by atoms with Gasteiger partial charge in [0.15, 0.2) is 0 Å². The van der Waals surface area contributed by atoms with Gasteiger partial charge in [-0.25, -0.2) is 0 Å². The number of hydrogen-bond donors (Lipinski definition) is 0. The number of benzene rings is 1. The minimum atomic E-state index is -0.222. The van der Waals surface area contributed by atoms with Gasteiger partial charge in [-0.1, -0.05) is 28.1 Å². The maximum atomic E-state index is 11.6. The smallest absolute Gasteiger partial charge is 0.319 e. The number of ether oxygens (including phenoxy) is 2. The molecule has 0 heterocycles. The topological polar surface area (TPSA) is 35.5 Å². The summed E-state index contributed by atoms with van der Waals surface area (Å²) in [5.74, 6) is 0.688. The van der Waals surface area contributed by atoms with Crippen LogP contribution in [-0.2, 0) is 16.0 Å². The fourth-order valence-electron chi connectivity index (χ4n) is 1.74. The zero-order valence-electron chi connectivity index (χ0n) is 11.7. The molecule has 0 aliphatic heterocycles. The van der Waals surface area contributed by atoms with Crippen molar-refractivity contribution in [2.75, 3.05) is 7.11 Å². The monoisotopic (exact) mass is 328 g/mol. The van der Waals surface area contributed by atoms with Crippen LogP contribution in [0, 0.1) is 0 Å². The van der Waals surface area contributed by atoms with Crippen molar-refractivity contribution in [3.05, 3.63) is 29.8 Å². The van der Waals surface area contributed by atoms with E-state index >= 15 is 0 Å². The lowest BCUT2D eigenvalue weighted by Crippen LogP contribution is -2.21. The van der Waals surface area contributed by atoms with E-state index in [1.807, 2.05) is 32.0 Å². The van der Waals surface area contributed by atoms with Crippen LogP contribution in [0.3, 0.4) is 0 Å². The third-order valence-electron chi connectivity index (χ3n) is 2.66. The Balaban J connectivity index is 2.35. The van der Waals surface area contributed by atoms with E-state index in [-0.39, 0.29) is 16.9 Å². The van der Waals surface area contributed by atoms with Crippen LogP contribution in [0.2, 0.25) is 0 Å². The molecule has 0 radical (unpaired) electrons. The molecule has 106 valence electrons. The van der Waals surface area contributed by atoms with Crippen molar-refractivity contribution in [3.63, 3.8) is 0 Å². The lowest BCUT2D eigenvalue weighted by Gasteiger charge is -2.12. The van der Waals surface area contributed by atoms with Crippen LogP contribution in [0.4, 0.5) is 0 Å². The Hall–Kier alpha value is -1.03. The molecule has 4 heteroatoms. The van der Waals surface area contributed by atoms with Crippen LogP contribution in [0.15, 0.2) is 24.3 Å². The van der Waals surface area contributed by atoms with Crippen LogP contribution in [0.1, 0.15) is 32.3 Å². The summed E-state index contributed by atoms with van der Waals surface area (Å²) in [6.07, 6.45) is 2.55. The first-order valence-electron chi connectivity index (χ1n) is 6.50. The van der Waals surface area contributed by atoms with Gasteiger partial charge in [-0.05, 0) is 50.8 Å². The number of halogens is 1. The first kappa shape index (κ1) is 16.0. The van der Waals surface area contributed by atoms with Crippen molar-refractivity contribution in [1.82, 2.24) is 0 Å². The highest BCUT2D eigenvalue weighted by Crippen LogP contribution is 2.17. The summed E-state index contributed by atoms with van der Waals surface area (Å²) in [5, 5.41) is 0. The lowest BCUT2D eigenvalue weighted by atomic mass is 10.1. The molecule has 0 aliphatic carbocycles. The van der Waals surface area contributed by atoms with E-state index in [4.69, 9.17) is 9.47 Å². The first-order chi connectivity index (χ1) is 9.02. The van der Waals surface area contributed by atoms with E-state index in [0.29, 0.717) is 0 Å². The van der Waals surface area contributed by atoms with Gasteiger partial charge in [0.05, 0.1) is 13.2 Å². The summed E-state index contributed by atoms with van der Waals surface area (Å²) >= 11 is 3.37. The van der Waals surface area contributed by atoms with Gasteiger partial charge >= 0.3 is 5.97 Å². The van der Waals surface area contributed by atoms with Crippen molar-refractivity contribution in [3.8, 4) is 5.75 Å². The van der Waals surface area contributed by atoms with Gasteiger partial charge in [-0.15, -0.1) is 0 Å². The number of carbonyl (C=O) groups excluding carboxylic acids is 1. The van der Waals surface area contributed by atoms with Crippen LogP contribution >= 0.6 is 15.9 Å². The molecular formula is C15H21BrO3. The number of alkyl halides is 1. The van der Waals surface area contributed by atoms with Crippen LogP contribution in [0.5, 0.6) is 5.75 Å². The van der Waals surface area contributed by atoms with Gasteiger partial charge in [0.25, 0.3) is 0 Å². The van der Waals surface area contributed by atoms with E-state index in [9.17, 15) is 4.79 Å². The van der Waals surface area contributed by atoms with Gasteiger partial charge in [-0.2, -0.15) is 0 Å². The number of rotatable bonds is 7. The summed E-state index contributed by atoms with van der Waals surface area (Å²) in [7, 11) is 1.66. The Bertz CT molecular complexity index is 404. The normalized spacial score (nSPS) is 12.3. The molecule has 0 saturated carbocycles. The summed E-state index contributed by atoms with van der Waals surface area (Å²) < 4.78 is 10.3. The quantitative estimate of drug-likeness (QED) is 0.565. The highest BCUT2D eigenvalue weighted by atomic mass is 79.9. The van der Waals surface area contributed by atoms with Crippen molar-refractivity contribution in [2.24, 2.45) is 0 Å². The van der Waals surface area contributed by atoms with Crippen LogP contribution in [-0.4, -0.2) is 24.0 Å². The molecule has 0 aromatic heterocycles. The minimum Gasteiger partial charge on any atom is -0.497 e. The molecule has 0 spiro atoms. The maximum Gasteiger partial charge on any atom is 0.319 e. The molecule has 1 rings (SSSR count). The first-order valence-corrected chi connectivity index (χ1v) is 7.42. The molecule has 0 N–H and O–H groups in total. The van der Waals surface area contributed by atoms with Gasteiger partial charge in [0.1, 0.15) is 10.6 Å². The second kappa shape index (κ2) is 8.20. The Kier molecular flexibility index (Phi) is 6.92. The number of hydrogen-bond acceptors (Lipinski definition) is 3. The van der Waals surface area contributed by atoms with E-state index in [1.165, 1.54) is 5.56 Å². The number of esters is 1. The number of methoxy groups -OCH3 is 1. The van der Waals surface area contributed by atoms with Crippen molar-refractivity contribution >= 4 is 21.9 Å². The zero-order chi connectivity index (χ0) is 14.3. The van der Waals surface area contributed by atoms with Gasteiger partial charge in [0, 0.05) is 0 Å². The summed E-state index contributed by atoms with van der Waals surface area (Å²) in [6.45, 7) is 3.71. The molecule has 3 nitrogen and oxygen atoms in total. The average molecular weight is 329 g/mol. The molecule has 0 aliphatic rings. The minimum absolute atomic E-state index is 0.0639. The summed E-state index contributed by atoms with van der Waals surface area (Å²) in [4.78, 5) is 11.4. The fraction of sp³-hybridized carbons (Fsp3) is 0.533. The predicted octanol–water partition coefficient (Wildman–Crippen LogP) is 3.73. The molecule has 1 atom stereocenters. The molecule has 19 heavy (non-hydrogen) atoms. The van der Waals surface area contributed by atoms with Crippen LogP contribution < -0.4 is 4.74 Å². The molecule has 0 amide bonds. The maximum absolute atomic E-state index is 11.6. The highest BCUT2D eigenvalue weighted by Gasteiger charge is 2.17. The SMILES string of the molecule is COc1cccc(CCCC(Br)C(=O)OC(C)C)c1. The molecule has 1 unspecified atom stereocenters. The van der Waals surface area contributed by atoms with Crippen molar-refractivity contribution in [2.45, 2.75) is 44.0 Å². The Morgan fingerprint density at radius 1 is 1.37 bits per heavy atom. The number of carbonyl (C=O) groups is 1. The molecule has 0 fully saturated rings. The van der Waals surface area contributed by atoms with Crippen molar-refractivity contribution < 1.29 is 14.3 Å². The van der Waals surface area contributed by atoms with E-state index < -0.39 is 0 Å². The average Bonchev–Trinajstić information content (AvgIpc) is 2.38. The summed E-state index contributed by atoms with van der Waals surface area (Å²) in [6, 6.07) is 8.00. The Labute approximate surface area is 123 Å². The molecule has 0 saturated heterocycles. The Morgan fingerprint density at radius 3 is 2.74 bits per heavy atom. The van der Waals surface area contributed by atoms with Gasteiger partial charge < -0.3 is 9.47 Å². The standard InChI is InChI=1S/C15H21BrO3/c1-11(2)19-15(17)14(16)9-5-7-12-6-4-8-13(10-12)18-3/h4,6,8,10-11,14H,5,7,9H2,1-3H3. The number of aryl methyl sites for hydroxylation is 1. The molecule has 1 aromatic carbocycles. The lowest BCUT2D eigenvalue weighted by molar-refractivity contribution is -0.146. The fourth-order valence-corrected chi connectivity index (χ4v) is 2.17. The molecule has 1 aromatic rings. The highest BCUT2D eigenvalue weighted by molar-refractivity contribution is 9.10. The van der Waals surface area contributed by atoms with E-state index in [0.717, 1.165) is 25.0 Å². The second-order valence-electron chi connectivity index (χ2n) is 4.70. The van der Waals surface area contributed by atoms with Gasteiger partial charge in [-0.3, -0.25) is 4.79 Å². The van der Waals surface area contributed by atoms with E-state index in [2.05, 4.69) is 22.0 Å². The predicted molar refractivity (Wildman–Crippen MR) is 79.9 cm³/mol. The largest absolute Gasteiger partial charge is 0.497 e. The van der Waals surface area contributed by atoms with Crippen LogP contribution in [0.25, 0.3) is 0 Å². The van der Waals surface area contributed by atoms with E-state index in [1.54, 1.807) is 7.11 Å². The molecule has 0 bridgehead atoms. The Morgan fingerprint density at radius 2 is 2.11 bits per heavy atom. The second-order valence-corrected chi connectivity index (χ2v) is 5.80. The third-order valence-corrected chi connectivity index (χ3v) is 3.50. The van der Waals surface area contributed by atoms with Gasteiger partial charge in [0.2, 0.25) is 0 Å². The summed E-state index contributed by atoms with van der Waals surface area (Å²) in [5.41, 5.74) is 1.22.